The average Bonchev–Trinajstić information content (AvgIpc) is 3.52. The van der Waals surface area contributed by atoms with Gasteiger partial charge in [0.1, 0.15) is 11.5 Å². The zero-order chi connectivity index (χ0) is 29.0. The molecule has 3 aliphatic heterocycles. The largest absolute Gasteiger partial charge is 0.478 e. The minimum Gasteiger partial charge on any atom is -0.478 e. The third-order valence-electron chi connectivity index (χ3n) is 8.49. The molecular weight excluding hydrogens is 556 g/mol. The van der Waals surface area contributed by atoms with Gasteiger partial charge in [-0.2, -0.15) is 0 Å². The first-order valence-corrected chi connectivity index (χ1v) is 14.6. The lowest BCUT2D eigenvalue weighted by Gasteiger charge is -2.33. The molecule has 7 rings (SSSR count). The van der Waals surface area contributed by atoms with Crippen LogP contribution in [0.4, 0.5) is 0 Å². The highest BCUT2D eigenvalue weighted by atomic mass is 35.5. The highest BCUT2D eigenvalue weighted by Crippen LogP contribution is 2.48. The van der Waals surface area contributed by atoms with E-state index in [9.17, 15) is 9.90 Å². The molecule has 1 N–H and O–H groups in total. The first-order chi connectivity index (χ1) is 20.3. The Morgan fingerprint density at radius 2 is 2.07 bits per heavy atom. The molecule has 10 heteroatoms. The number of carboxylic acid groups (broad SMARTS) is 1. The second-order valence-electron chi connectivity index (χ2n) is 11.2. The summed E-state index contributed by atoms with van der Waals surface area (Å²) in [4.78, 5) is 23.5. The van der Waals surface area contributed by atoms with E-state index >= 15 is 0 Å². The Hall–Kier alpha value is -3.92. The van der Waals surface area contributed by atoms with Crippen molar-refractivity contribution in [3.05, 3.63) is 88.5 Å². The number of ether oxygens (including phenoxy) is 3. The van der Waals surface area contributed by atoms with E-state index in [4.69, 9.17) is 30.8 Å². The minimum absolute atomic E-state index is 0.0175. The topological polar surface area (TPSA) is 98.9 Å². The number of hydrogen-bond acceptors (Lipinski definition) is 7. The molecule has 0 spiro atoms. The number of hydrogen-bond donors (Lipinski definition) is 1. The van der Waals surface area contributed by atoms with Crippen molar-refractivity contribution in [1.29, 1.82) is 0 Å². The molecule has 2 aromatic heterocycles. The van der Waals surface area contributed by atoms with Gasteiger partial charge in [-0.3, -0.25) is 9.88 Å². The molecular formula is C32H31ClN4O5. The van der Waals surface area contributed by atoms with Crippen molar-refractivity contribution >= 4 is 34.2 Å². The van der Waals surface area contributed by atoms with Crippen LogP contribution in [0.2, 0.25) is 5.02 Å². The molecule has 0 amide bonds. The highest BCUT2D eigenvalue weighted by Gasteiger charge is 2.41. The van der Waals surface area contributed by atoms with Crippen LogP contribution in [0.3, 0.4) is 0 Å². The van der Waals surface area contributed by atoms with Crippen LogP contribution in [0.5, 0.6) is 11.5 Å². The quantitative estimate of drug-likeness (QED) is 0.279. The maximum absolute atomic E-state index is 11.7. The number of pyridine rings is 1. The van der Waals surface area contributed by atoms with Gasteiger partial charge in [0.2, 0.25) is 0 Å². The molecule has 0 aliphatic carbocycles. The minimum atomic E-state index is -1.04. The van der Waals surface area contributed by atoms with Crippen molar-refractivity contribution in [3.63, 3.8) is 0 Å². The predicted molar refractivity (Wildman–Crippen MR) is 158 cm³/mol. The van der Waals surface area contributed by atoms with Crippen molar-refractivity contribution in [1.82, 2.24) is 19.4 Å². The molecule has 1 saturated heterocycles. The Labute approximate surface area is 248 Å². The van der Waals surface area contributed by atoms with Gasteiger partial charge in [-0.25, -0.2) is 9.78 Å². The van der Waals surface area contributed by atoms with E-state index in [2.05, 4.69) is 33.5 Å². The highest BCUT2D eigenvalue weighted by molar-refractivity contribution is 6.30. The van der Waals surface area contributed by atoms with E-state index in [-0.39, 0.29) is 17.7 Å². The molecule has 5 heterocycles. The number of rotatable bonds is 7. The normalized spacial score (nSPS) is 22.5. The number of halogens is 1. The zero-order valence-electron chi connectivity index (χ0n) is 23.4. The number of fused-ring (bicyclic) bond motifs is 2. The van der Waals surface area contributed by atoms with E-state index in [0.717, 1.165) is 60.7 Å². The van der Waals surface area contributed by atoms with Gasteiger partial charge >= 0.3 is 5.97 Å². The second-order valence-corrected chi connectivity index (χ2v) is 11.6. The lowest BCUT2D eigenvalue weighted by molar-refractivity contribution is -0.0718. The molecule has 0 saturated carbocycles. The predicted octanol–water partition coefficient (Wildman–Crippen LogP) is 6.07. The van der Waals surface area contributed by atoms with Gasteiger partial charge in [0.25, 0.3) is 5.79 Å². The molecule has 9 nitrogen and oxygen atoms in total. The van der Waals surface area contributed by atoms with Gasteiger partial charge in [-0.05, 0) is 61.7 Å². The summed E-state index contributed by atoms with van der Waals surface area (Å²) in [5, 5.41) is 10.1. The van der Waals surface area contributed by atoms with Crippen LogP contribution in [-0.2, 0) is 17.1 Å². The molecule has 4 aromatic rings. The van der Waals surface area contributed by atoms with Crippen molar-refractivity contribution in [3.8, 4) is 11.5 Å². The number of nitrogens with zero attached hydrogens (tertiary/aromatic N) is 4. The first kappa shape index (κ1) is 26.9. The third kappa shape index (κ3) is 4.71. The van der Waals surface area contributed by atoms with Crippen LogP contribution >= 0.6 is 11.6 Å². The molecule has 42 heavy (non-hydrogen) atoms. The fraction of sp³-hybridized carbons (Fsp3) is 0.344. The summed E-state index contributed by atoms with van der Waals surface area (Å²) in [6.45, 7) is 7.01. The first-order valence-electron chi connectivity index (χ1n) is 14.2. The van der Waals surface area contributed by atoms with Gasteiger partial charge in [-0.1, -0.05) is 29.8 Å². The van der Waals surface area contributed by atoms with Crippen LogP contribution < -0.4 is 9.47 Å². The molecule has 3 atom stereocenters. The number of aromatic carboxylic acids is 1. The van der Waals surface area contributed by atoms with Crippen LogP contribution in [0.1, 0.15) is 60.2 Å². The summed E-state index contributed by atoms with van der Waals surface area (Å²) in [6, 6.07) is 14.7. The Kier molecular flexibility index (Phi) is 6.68. The summed E-state index contributed by atoms with van der Waals surface area (Å²) in [7, 11) is 0. The Balaban J connectivity index is 1.14. The molecule has 3 aliphatic rings. The fourth-order valence-corrected chi connectivity index (χ4v) is 6.10. The van der Waals surface area contributed by atoms with Gasteiger partial charge in [0, 0.05) is 38.4 Å². The summed E-state index contributed by atoms with van der Waals surface area (Å²) in [5.41, 5.74) is 4.76. The number of aromatic nitrogens is 3. The summed E-state index contributed by atoms with van der Waals surface area (Å²) in [6.07, 6.45) is 5.78. The van der Waals surface area contributed by atoms with E-state index in [0.29, 0.717) is 23.0 Å². The van der Waals surface area contributed by atoms with E-state index in [1.807, 2.05) is 25.1 Å². The monoisotopic (exact) mass is 586 g/mol. The maximum atomic E-state index is 11.7. The van der Waals surface area contributed by atoms with Crippen LogP contribution in [-0.4, -0.2) is 56.3 Å². The second kappa shape index (κ2) is 10.4. The number of para-hydroxylation sites is 1. The van der Waals surface area contributed by atoms with Crippen LogP contribution in [0.15, 0.2) is 60.8 Å². The summed E-state index contributed by atoms with van der Waals surface area (Å²) in [5.74, 6) is 0.350. The maximum Gasteiger partial charge on any atom is 0.335 e. The molecule has 0 bridgehead atoms. The smallest absolute Gasteiger partial charge is 0.335 e. The molecule has 0 unspecified atom stereocenters. The number of carboxylic acids is 1. The lowest BCUT2D eigenvalue weighted by Crippen LogP contribution is -2.35. The van der Waals surface area contributed by atoms with E-state index in [1.54, 1.807) is 30.5 Å². The standard InChI is InChI=1S/C32H31ClN4O5/c1-19(30-35-25-8-6-21(31(38)39)16-26(25)37(30)18-23-12-15-40-23)36-13-10-20(11-14-36)24-4-3-5-27-29(24)42-32(2,41-27)28-9-7-22(33)17-34-28/h3-10,16-17,19,23H,11-15,18H2,1-2H3,(H,38,39)/t19-,23-,32+/m0/s1. The number of carbonyl (C=O) groups is 1. The molecule has 1 fully saturated rings. The van der Waals surface area contributed by atoms with Gasteiger partial charge < -0.3 is 23.9 Å². The molecule has 2 aromatic carbocycles. The molecule has 216 valence electrons. The summed E-state index contributed by atoms with van der Waals surface area (Å²) < 4.78 is 20.6. The average molecular weight is 587 g/mol. The van der Waals surface area contributed by atoms with Gasteiger partial charge in [-0.15, -0.1) is 0 Å². The number of imidazole rings is 1. The van der Waals surface area contributed by atoms with Crippen LogP contribution in [0.25, 0.3) is 16.6 Å². The third-order valence-corrected chi connectivity index (χ3v) is 8.71. The van der Waals surface area contributed by atoms with Gasteiger partial charge in [0.05, 0.1) is 40.3 Å². The van der Waals surface area contributed by atoms with Crippen LogP contribution in [0, 0.1) is 0 Å². The van der Waals surface area contributed by atoms with Crippen molar-refractivity contribution < 1.29 is 24.1 Å². The zero-order valence-corrected chi connectivity index (χ0v) is 24.2. The molecule has 0 radical (unpaired) electrons. The number of benzene rings is 2. The Morgan fingerprint density at radius 3 is 2.76 bits per heavy atom. The van der Waals surface area contributed by atoms with E-state index in [1.165, 1.54) is 5.57 Å². The van der Waals surface area contributed by atoms with Crippen molar-refractivity contribution in [2.75, 3.05) is 19.7 Å². The lowest BCUT2D eigenvalue weighted by atomic mass is 9.97. The fourth-order valence-electron chi connectivity index (χ4n) is 5.99. The summed E-state index contributed by atoms with van der Waals surface area (Å²) >= 11 is 6.04. The van der Waals surface area contributed by atoms with Gasteiger partial charge in [0.15, 0.2) is 11.5 Å². The Bertz CT molecular complexity index is 1710. The van der Waals surface area contributed by atoms with Crippen molar-refractivity contribution in [2.24, 2.45) is 0 Å². The van der Waals surface area contributed by atoms with Crippen molar-refractivity contribution in [2.45, 2.75) is 51.2 Å². The van der Waals surface area contributed by atoms with E-state index < -0.39 is 11.8 Å². The Morgan fingerprint density at radius 1 is 1.21 bits per heavy atom. The SMILES string of the molecule is C[C@@H](c1nc2ccc(C(=O)O)cc2n1C[C@@H]1CCO1)N1CC=C(c2cccc3c2O[C@](C)(c2ccc(Cl)cn2)O3)CC1.